The number of amides is 1. The monoisotopic (exact) mass is 302 g/mol. The molecule has 5 heteroatoms. The van der Waals surface area contributed by atoms with Crippen LogP contribution in [-0.4, -0.2) is 18.0 Å². The molecule has 0 radical (unpaired) electrons. The summed E-state index contributed by atoms with van der Waals surface area (Å²) < 4.78 is 0. The Morgan fingerprint density at radius 1 is 1.42 bits per heavy atom. The first-order valence-corrected chi connectivity index (χ1v) is 7.57. The minimum Gasteiger partial charge on any atom is -0.349 e. The molecule has 0 unspecified atom stereocenters. The summed E-state index contributed by atoms with van der Waals surface area (Å²) in [5.74, 6) is 0.0864. The van der Waals surface area contributed by atoms with Crippen LogP contribution in [-0.2, 0) is 6.42 Å². The standard InChI is InChI=1S/C14H22N2OS.ClH/c1-3-12-9(2)8-13(18-12)14(17)16-11-6-4-10(15)5-7-11;/h8,10-11H,3-7,15H2,1-2H3,(H,16,17);1H. The van der Waals surface area contributed by atoms with Crippen molar-refractivity contribution in [2.45, 2.75) is 58.0 Å². The first-order chi connectivity index (χ1) is 8.60. The predicted octanol–water partition coefficient (Wildman–Crippen LogP) is 3.04. The minimum absolute atomic E-state index is 0. The molecule has 0 spiro atoms. The van der Waals surface area contributed by atoms with E-state index < -0.39 is 0 Å². The van der Waals surface area contributed by atoms with E-state index in [4.69, 9.17) is 5.73 Å². The van der Waals surface area contributed by atoms with Crippen LogP contribution in [0.3, 0.4) is 0 Å². The van der Waals surface area contributed by atoms with Crippen LogP contribution in [0.4, 0.5) is 0 Å². The third-order valence-electron chi connectivity index (χ3n) is 3.67. The molecule has 1 saturated carbocycles. The van der Waals surface area contributed by atoms with Crippen LogP contribution in [0.25, 0.3) is 0 Å². The van der Waals surface area contributed by atoms with Gasteiger partial charge in [-0.25, -0.2) is 0 Å². The summed E-state index contributed by atoms with van der Waals surface area (Å²) in [6.07, 6.45) is 5.07. The smallest absolute Gasteiger partial charge is 0.261 e. The molecular formula is C14H23ClN2OS. The van der Waals surface area contributed by atoms with Crippen LogP contribution in [0.1, 0.15) is 52.7 Å². The van der Waals surface area contributed by atoms with Gasteiger partial charge >= 0.3 is 0 Å². The van der Waals surface area contributed by atoms with Crippen LogP contribution < -0.4 is 11.1 Å². The predicted molar refractivity (Wildman–Crippen MR) is 83.4 cm³/mol. The lowest BCUT2D eigenvalue weighted by Gasteiger charge is -2.26. The van der Waals surface area contributed by atoms with Crippen LogP contribution in [0, 0.1) is 6.92 Å². The van der Waals surface area contributed by atoms with Gasteiger partial charge in [0.05, 0.1) is 4.88 Å². The van der Waals surface area contributed by atoms with E-state index in [1.807, 2.05) is 6.07 Å². The molecule has 1 aliphatic carbocycles. The van der Waals surface area contributed by atoms with Crippen molar-refractivity contribution < 1.29 is 4.79 Å². The molecule has 1 aromatic rings. The maximum absolute atomic E-state index is 12.1. The summed E-state index contributed by atoms with van der Waals surface area (Å²) in [5, 5.41) is 3.14. The van der Waals surface area contributed by atoms with Gasteiger partial charge in [0.2, 0.25) is 0 Å². The molecule has 0 aliphatic heterocycles. The molecule has 1 heterocycles. The highest BCUT2D eigenvalue weighted by Gasteiger charge is 2.21. The highest BCUT2D eigenvalue weighted by atomic mass is 35.5. The fourth-order valence-electron chi connectivity index (χ4n) is 2.50. The molecule has 1 aliphatic rings. The Balaban J connectivity index is 0.00000180. The first-order valence-electron chi connectivity index (χ1n) is 6.76. The Morgan fingerprint density at radius 2 is 2.05 bits per heavy atom. The second-order valence-corrected chi connectivity index (χ2v) is 6.29. The molecule has 0 atom stereocenters. The zero-order chi connectivity index (χ0) is 13.1. The van der Waals surface area contributed by atoms with Gasteiger partial charge in [-0.1, -0.05) is 6.92 Å². The average Bonchev–Trinajstić information content (AvgIpc) is 2.73. The molecule has 3 nitrogen and oxygen atoms in total. The van der Waals surface area contributed by atoms with E-state index in [-0.39, 0.29) is 18.3 Å². The van der Waals surface area contributed by atoms with Gasteiger partial charge in [0.25, 0.3) is 5.91 Å². The minimum atomic E-state index is 0. The van der Waals surface area contributed by atoms with Crippen molar-refractivity contribution in [3.8, 4) is 0 Å². The molecule has 19 heavy (non-hydrogen) atoms. The van der Waals surface area contributed by atoms with Gasteiger partial charge in [-0.3, -0.25) is 4.79 Å². The number of halogens is 1. The summed E-state index contributed by atoms with van der Waals surface area (Å²) in [7, 11) is 0. The molecule has 2 rings (SSSR count). The second-order valence-electron chi connectivity index (χ2n) is 5.16. The van der Waals surface area contributed by atoms with Crippen molar-refractivity contribution >= 4 is 29.7 Å². The normalized spacial score (nSPS) is 22.7. The number of nitrogens with two attached hydrogens (primary N) is 1. The van der Waals surface area contributed by atoms with Crippen molar-refractivity contribution in [1.82, 2.24) is 5.32 Å². The number of carbonyl (C=O) groups excluding carboxylic acids is 1. The Morgan fingerprint density at radius 3 is 2.58 bits per heavy atom. The third-order valence-corrected chi connectivity index (χ3v) is 5.05. The Kier molecular flexibility index (Phi) is 6.30. The quantitative estimate of drug-likeness (QED) is 0.901. The zero-order valence-electron chi connectivity index (χ0n) is 11.6. The van der Waals surface area contributed by atoms with Gasteiger partial charge in [0, 0.05) is 17.0 Å². The molecule has 0 aromatic carbocycles. The maximum atomic E-state index is 12.1. The van der Waals surface area contributed by atoms with Crippen LogP contribution >= 0.6 is 23.7 Å². The summed E-state index contributed by atoms with van der Waals surface area (Å²) in [5.41, 5.74) is 7.10. The van der Waals surface area contributed by atoms with Gasteiger partial charge in [-0.15, -0.1) is 23.7 Å². The second kappa shape index (κ2) is 7.27. The Bertz CT molecular complexity index is 425. The van der Waals surface area contributed by atoms with Gasteiger partial charge in [0.15, 0.2) is 0 Å². The van der Waals surface area contributed by atoms with Gasteiger partial charge in [0.1, 0.15) is 0 Å². The zero-order valence-corrected chi connectivity index (χ0v) is 13.2. The number of nitrogens with one attached hydrogen (secondary N) is 1. The Hall–Kier alpha value is -0.580. The maximum Gasteiger partial charge on any atom is 0.261 e. The van der Waals surface area contributed by atoms with Gasteiger partial charge in [-0.2, -0.15) is 0 Å². The van der Waals surface area contributed by atoms with Crippen molar-refractivity contribution in [2.24, 2.45) is 5.73 Å². The van der Waals surface area contributed by atoms with E-state index in [2.05, 4.69) is 19.2 Å². The summed E-state index contributed by atoms with van der Waals surface area (Å²) >= 11 is 1.62. The van der Waals surface area contributed by atoms with Gasteiger partial charge in [-0.05, 0) is 50.7 Å². The number of carbonyl (C=O) groups is 1. The van der Waals surface area contributed by atoms with Crippen molar-refractivity contribution in [1.29, 1.82) is 0 Å². The van der Waals surface area contributed by atoms with Crippen molar-refractivity contribution in [3.05, 3.63) is 21.4 Å². The fourth-order valence-corrected chi connectivity index (χ4v) is 3.52. The third kappa shape index (κ3) is 4.20. The molecule has 1 aromatic heterocycles. The van der Waals surface area contributed by atoms with Crippen molar-refractivity contribution in [3.63, 3.8) is 0 Å². The van der Waals surface area contributed by atoms with E-state index in [0.29, 0.717) is 12.1 Å². The van der Waals surface area contributed by atoms with E-state index >= 15 is 0 Å². The molecule has 0 saturated heterocycles. The molecular weight excluding hydrogens is 280 g/mol. The van der Waals surface area contributed by atoms with Crippen molar-refractivity contribution in [2.75, 3.05) is 0 Å². The van der Waals surface area contributed by atoms with E-state index in [9.17, 15) is 4.79 Å². The number of thiophene rings is 1. The molecule has 0 bridgehead atoms. The van der Waals surface area contributed by atoms with Crippen LogP contribution in [0.2, 0.25) is 0 Å². The lowest BCUT2D eigenvalue weighted by molar-refractivity contribution is 0.0930. The topological polar surface area (TPSA) is 55.1 Å². The number of aryl methyl sites for hydroxylation is 2. The lowest BCUT2D eigenvalue weighted by Crippen LogP contribution is -2.40. The van der Waals surface area contributed by atoms with Crippen LogP contribution in [0.5, 0.6) is 0 Å². The first kappa shape index (κ1) is 16.5. The Labute approximate surface area is 125 Å². The largest absolute Gasteiger partial charge is 0.349 e. The lowest BCUT2D eigenvalue weighted by atomic mass is 9.92. The van der Waals surface area contributed by atoms with E-state index in [0.717, 1.165) is 37.0 Å². The fraction of sp³-hybridized carbons (Fsp3) is 0.643. The van der Waals surface area contributed by atoms with Gasteiger partial charge < -0.3 is 11.1 Å². The summed E-state index contributed by atoms with van der Waals surface area (Å²) in [6, 6.07) is 2.64. The average molecular weight is 303 g/mol. The summed E-state index contributed by atoms with van der Waals surface area (Å²) in [4.78, 5) is 14.3. The van der Waals surface area contributed by atoms with Crippen LogP contribution in [0.15, 0.2) is 6.07 Å². The molecule has 3 N–H and O–H groups in total. The summed E-state index contributed by atoms with van der Waals surface area (Å²) in [6.45, 7) is 4.20. The molecule has 108 valence electrons. The van der Waals surface area contributed by atoms with E-state index in [1.165, 1.54) is 10.4 Å². The SMILES string of the molecule is CCc1sc(C(=O)NC2CCC(N)CC2)cc1C.Cl. The number of hydrogen-bond donors (Lipinski definition) is 2. The van der Waals surface area contributed by atoms with E-state index in [1.54, 1.807) is 11.3 Å². The highest BCUT2D eigenvalue weighted by Crippen LogP contribution is 2.23. The number of rotatable bonds is 3. The molecule has 1 fully saturated rings. The highest BCUT2D eigenvalue weighted by molar-refractivity contribution is 7.14. The number of hydrogen-bond acceptors (Lipinski definition) is 3. The molecule has 1 amide bonds.